The molecule has 0 saturated carbocycles. The summed E-state index contributed by atoms with van der Waals surface area (Å²) in [6, 6.07) is 15.0. The summed E-state index contributed by atoms with van der Waals surface area (Å²) in [5.41, 5.74) is 2.63. The first-order valence-electron chi connectivity index (χ1n) is 6.30. The van der Waals surface area contributed by atoms with Crippen LogP contribution in [0.2, 0.25) is 0 Å². The Morgan fingerprint density at radius 1 is 1.10 bits per heavy atom. The number of esters is 1. The number of para-hydroxylation sites is 1. The zero-order valence-corrected chi connectivity index (χ0v) is 12.8. The van der Waals surface area contributed by atoms with Gasteiger partial charge in [0.1, 0.15) is 10.3 Å². The van der Waals surface area contributed by atoms with Gasteiger partial charge in [0.05, 0.1) is 18.3 Å². The topological polar surface area (TPSA) is 52.1 Å². The summed E-state index contributed by atoms with van der Waals surface area (Å²) in [5, 5.41) is 0.941. The number of carbonyl (C=O) groups excluding carboxylic acids is 1. The SMILES string of the molecule is COC(=O)c1cc(-c2cccc(Br)n2)c2ccccc2n1. The summed E-state index contributed by atoms with van der Waals surface area (Å²) in [7, 11) is 1.34. The largest absolute Gasteiger partial charge is 0.464 e. The second-order valence-corrected chi connectivity index (χ2v) is 5.22. The maximum absolute atomic E-state index is 11.8. The Labute approximate surface area is 129 Å². The zero-order valence-electron chi connectivity index (χ0n) is 11.2. The van der Waals surface area contributed by atoms with E-state index in [1.54, 1.807) is 6.07 Å². The summed E-state index contributed by atoms with van der Waals surface area (Å²) in [6.07, 6.45) is 0. The molecule has 0 aliphatic rings. The van der Waals surface area contributed by atoms with Crippen molar-refractivity contribution in [1.29, 1.82) is 0 Å². The van der Waals surface area contributed by atoms with E-state index in [0.717, 1.165) is 26.8 Å². The Kier molecular flexibility index (Phi) is 3.66. The fourth-order valence-corrected chi connectivity index (χ4v) is 2.50. The summed E-state index contributed by atoms with van der Waals surface area (Å²) in [4.78, 5) is 20.6. The summed E-state index contributed by atoms with van der Waals surface area (Å²) in [6.45, 7) is 0. The number of benzene rings is 1. The normalized spacial score (nSPS) is 10.6. The van der Waals surface area contributed by atoms with E-state index in [2.05, 4.69) is 25.9 Å². The molecular weight excluding hydrogens is 332 g/mol. The number of rotatable bonds is 2. The average Bonchev–Trinajstić information content (AvgIpc) is 2.53. The van der Waals surface area contributed by atoms with Gasteiger partial charge in [-0.15, -0.1) is 0 Å². The second-order valence-electron chi connectivity index (χ2n) is 4.41. The van der Waals surface area contributed by atoms with Crippen LogP contribution in [0.15, 0.2) is 53.1 Å². The highest BCUT2D eigenvalue weighted by molar-refractivity contribution is 9.10. The summed E-state index contributed by atoms with van der Waals surface area (Å²) in [5.74, 6) is -0.461. The lowest BCUT2D eigenvalue weighted by atomic mass is 10.0. The van der Waals surface area contributed by atoms with Crippen molar-refractivity contribution >= 4 is 32.8 Å². The van der Waals surface area contributed by atoms with Crippen LogP contribution in [0.25, 0.3) is 22.2 Å². The van der Waals surface area contributed by atoms with Gasteiger partial charge in [-0.05, 0) is 40.2 Å². The van der Waals surface area contributed by atoms with E-state index < -0.39 is 5.97 Å². The molecule has 0 bridgehead atoms. The van der Waals surface area contributed by atoms with Crippen LogP contribution in [-0.4, -0.2) is 23.0 Å². The molecule has 104 valence electrons. The number of methoxy groups -OCH3 is 1. The van der Waals surface area contributed by atoms with Crippen LogP contribution in [0.4, 0.5) is 0 Å². The van der Waals surface area contributed by atoms with E-state index in [1.807, 2.05) is 42.5 Å². The minimum Gasteiger partial charge on any atom is -0.464 e. The third-order valence-corrected chi connectivity index (χ3v) is 3.54. The Bertz CT molecular complexity index is 833. The van der Waals surface area contributed by atoms with Crippen molar-refractivity contribution in [2.45, 2.75) is 0 Å². The van der Waals surface area contributed by atoms with Crippen LogP contribution >= 0.6 is 15.9 Å². The Morgan fingerprint density at radius 3 is 2.67 bits per heavy atom. The van der Waals surface area contributed by atoms with Crippen LogP contribution in [0.3, 0.4) is 0 Å². The number of pyridine rings is 2. The van der Waals surface area contributed by atoms with E-state index >= 15 is 0 Å². The van der Waals surface area contributed by atoms with E-state index in [1.165, 1.54) is 7.11 Å². The number of hydrogen-bond acceptors (Lipinski definition) is 4. The van der Waals surface area contributed by atoms with Crippen molar-refractivity contribution in [2.75, 3.05) is 7.11 Å². The molecule has 21 heavy (non-hydrogen) atoms. The van der Waals surface area contributed by atoms with Crippen LogP contribution in [-0.2, 0) is 4.74 Å². The van der Waals surface area contributed by atoms with Gasteiger partial charge in [0.15, 0.2) is 0 Å². The maximum atomic E-state index is 11.8. The number of carbonyl (C=O) groups is 1. The minimum atomic E-state index is -0.461. The summed E-state index contributed by atoms with van der Waals surface area (Å²) < 4.78 is 5.51. The van der Waals surface area contributed by atoms with E-state index in [-0.39, 0.29) is 5.69 Å². The molecule has 0 saturated heterocycles. The van der Waals surface area contributed by atoms with Crippen molar-refractivity contribution in [3.8, 4) is 11.3 Å². The van der Waals surface area contributed by atoms with Gasteiger partial charge in [-0.1, -0.05) is 24.3 Å². The van der Waals surface area contributed by atoms with Gasteiger partial charge < -0.3 is 4.74 Å². The third kappa shape index (κ3) is 2.64. The van der Waals surface area contributed by atoms with Gasteiger partial charge >= 0.3 is 5.97 Å². The average molecular weight is 343 g/mol. The van der Waals surface area contributed by atoms with Crippen molar-refractivity contribution < 1.29 is 9.53 Å². The first kappa shape index (κ1) is 13.7. The molecule has 0 radical (unpaired) electrons. The minimum absolute atomic E-state index is 0.271. The second kappa shape index (κ2) is 5.61. The highest BCUT2D eigenvalue weighted by atomic mass is 79.9. The molecule has 3 rings (SSSR count). The van der Waals surface area contributed by atoms with Crippen LogP contribution < -0.4 is 0 Å². The first-order valence-corrected chi connectivity index (χ1v) is 7.09. The quantitative estimate of drug-likeness (QED) is 0.524. The molecule has 2 heterocycles. The lowest BCUT2D eigenvalue weighted by Gasteiger charge is -2.08. The lowest BCUT2D eigenvalue weighted by Crippen LogP contribution is -2.05. The van der Waals surface area contributed by atoms with Gasteiger partial charge in [0.2, 0.25) is 0 Å². The van der Waals surface area contributed by atoms with Crippen LogP contribution in [0, 0.1) is 0 Å². The molecule has 1 aromatic carbocycles. The number of fused-ring (bicyclic) bond motifs is 1. The standard InChI is InChI=1S/C16H11BrN2O2/c1-21-16(20)14-9-11(13-7-4-8-15(17)19-13)10-5-2-3-6-12(10)18-14/h2-9H,1H3. The van der Waals surface area contributed by atoms with Crippen molar-refractivity contribution in [3.63, 3.8) is 0 Å². The van der Waals surface area contributed by atoms with Gasteiger partial charge in [-0.2, -0.15) is 0 Å². The van der Waals surface area contributed by atoms with Crippen molar-refractivity contribution in [2.24, 2.45) is 0 Å². The molecule has 4 nitrogen and oxygen atoms in total. The summed E-state index contributed by atoms with van der Waals surface area (Å²) >= 11 is 3.37. The molecule has 3 aromatic rings. The molecule has 0 unspecified atom stereocenters. The number of ether oxygens (including phenoxy) is 1. The molecule has 0 fully saturated rings. The van der Waals surface area contributed by atoms with Crippen LogP contribution in [0.5, 0.6) is 0 Å². The molecule has 0 amide bonds. The number of hydrogen-bond donors (Lipinski definition) is 0. The Balaban J connectivity index is 2.31. The van der Waals surface area contributed by atoms with Gasteiger partial charge in [-0.25, -0.2) is 14.8 Å². The lowest BCUT2D eigenvalue weighted by molar-refractivity contribution is 0.0594. The molecule has 0 aliphatic heterocycles. The fourth-order valence-electron chi connectivity index (χ4n) is 2.15. The highest BCUT2D eigenvalue weighted by Gasteiger charge is 2.14. The molecule has 0 N–H and O–H groups in total. The predicted molar refractivity (Wildman–Crippen MR) is 84.0 cm³/mol. The predicted octanol–water partition coefficient (Wildman–Crippen LogP) is 3.85. The monoisotopic (exact) mass is 342 g/mol. The molecule has 2 aromatic heterocycles. The van der Waals surface area contributed by atoms with Crippen molar-refractivity contribution in [3.05, 3.63) is 58.8 Å². The van der Waals surface area contributed by atoms with E-state index in [9.17, 15) is 4.79 Å². The van der Waals surface area contributed by atoms with E-state index in [4.69, 9.17) is 4.74 Å². The number of aromatic nitrogens is 2. The Hall–Kier alpha value is -2.27. The first-order chi connectivity index (χ1) is 10.2. The maximum Gasteiger partial charge on any atom is 0.356 e. The van der Waals surface area contributed by atoms with Crippen LogP contribution in [0.1, 0.15) is 10.5 Å². The molecule has 5 heteroatoms. The molecule has 0 aliphatic carbocycles. The molecule has 0 atom stereocenters. The van der Waals surface area contributed by atoms with Gasteiger partial charge in [0.25, 0.3) is 0 Å². The van der Waals surface area contributed by atoms with E-state index in [0.29, 0.717) is 0 Å². The van der Waals surface area contributed by atoms with Crippen molar-refractivity contribution in [1.82, 2.24) is 9.97 Å². The third-order valence-electron chi connectivity index (χ3n) is 3.10. The number of nitrogens with zero attached hydrogens (tertiary/aromatic N) is 2. The number of halogens is 1. The molecule has 0 spiro atoms. The molecular formula is C16H11BrN2O2. The smallest absolute Gasteiger partial charge is 0.356 e. The fraction of sp³-hybridized carbons (Fsp3) is 0.0625. The Morgan fingerprint density at radius 2 is 1.90 bits per heavy atom. The zero-order chi connectivity index (χ0) is 14.8. The van der Waals surface area contributed by atoms with Gasteiger partial charge in [0, 0.05) is 10.9 Å². The highest BCUT2D eigenvalue weighted by Crippen LogP contribution is 2.28. The van der Waals surface area contributed by atoms with Gasteiger partial charge in [-0.3, -0.25) is 0 Å².